The van der Waals surface area contributed by atoms with Crippen LogP contribution < -0.4 is 0 Å². The first-order valence-electron chi connectivity index (χ1n) is 14.5. The minimum atomic E-state index is 0.116. The average Bonchev–Trinajstić information content (AvgIpc) is 3.13. The summed E-state index contributed by atoms with van der Waals surface area (Å²) in [5.74, 6) is 4.17. The normalized spacial score (nSPS) is 52.8. The SMILES string of the molecule is CC(=O)N1CC2C[C@@H]3[C@@H]4CC5=NC(C[C@@H]6C[C@@H](C)C[C@H]7CCCCN76)CCC52[C@@]31C[C@H](C)C4. The van der Waals surface area contributed by atoms with Crippen molar-refractivity contribution in [3.05, 3.63) is 0 Å². The summed E-state index contributed by atoms with van der Waals surface area (Å²) in [7, 11) is 0. The summed E-state index contributed by atoms with van der Waals surface area (Å²) >= 11 is 0. The van der Waals surface area contributed by atoms with Crippen molar-refractivity contribution in [3.63, 3.8) is 0 Å². The lowest BCUT2D eigenvalue weighted by Gasteiger charge is -2.62. The first-order valence-corrected chi connectivity index (χ1v) is 14.5. The van der Waals surface area contributed by atoms with E-state index in [4.69, 9.17) is 4.99 Å². The van der Waals surface area contributed by atoms with Gasteiger partial charge in [-0.15, -0.1) is 0 Å². The van der Waals surface area contributed by atoms with E-state index in [0.717, 1.165) is 42.3 Å². The van der Waals surface area contributed by atoms with Crippen LogP contribution in [0.1, 0.15) is 97.8 Å². The molecule has 33 heavy (non-hydrogen) atoms. The van der Waals surface area contributed by atoms with Gasteiger partial charge in [-0.2, -0.15) is 0 Å². The van der Waals surface area contributed by atoms with Gasteiger partial charge in [0.05, 0.1) is 11.6 Å². The van der Waals surface area contributed by atoms with Gasteiger partial charge in [0.15, 0.2) is 0 Å². The van der Waals surface area contributed by atoms with E-state index >= 15 is 0 Å². The van der Waals surface area contributed by atoms with Gasteiger partial charge in [0.2, 0.25) is 5.91 Å². The number of aliphatic imine (C=N–C) groups is 1. The first-order chi connectivity index (χ1) is 15.9. The van der Waals surface area contributed by atoms with Crippen LogP contribution in [0.3, 0.4) is 0 Å². The summed E-state index contributed by atoms with van der Waals surface area (Å²) in [5, 5.41) is 0. The summed E-state index contributed by atoms with van der Waals surface area (Å²) < 4.78 is 0. The fourth-order valence-electron chi connectivity index (χ4n) is 11.4. The van der Waals surface area contributed by atoms with E-state index < -0.39 is 0 Å². The third-order valence-corrected chi connectivity index (χ3v) is 12.0. The van der Waals surface area contributed by atoms with Gasteiger partial charge in [-0.3, -0.25) is 14.7 Å². The molecule has 4 heteroatoms. The third-order valence-electron chi connectivity index (χ3n) is 12.0. The van der Waals surface area contributed by atoms with Gasteiger partial charge >= 0.3 is 0 Å². The Morgan fingerprint density at radius 1 is 1.09 bits per heavy atom. The highest BCUT2D eigenvalue weighted by Crippen LogP contribution is 2.74. The molecule has 0 aromatic carbocycles. The molecule has 6 fully saturated rings. The third kappa shape index (κ3) is 2.74. The number of fused-ring (bicyclic) bond motifs is 1. The van der Waals surface area contributed by atoms with Gasteiger partial charge in [-0.1, -0.05) is 20.3 Å². The molecule has 3 saturated carbocycles. The summed E-state index contributed by atoms with van der Waals surface area (Å²) in [6, 6.07) is 2.13. The molecule has 182 valence electrons. The number of amides is 1. The molecule has 2 spiro atoms. The van der Waals surface area contributed by atoms with Crippen LogP contribution in [-0.2, 0) is 4.79 Å². The van der Waals surface area contributed by atoms with Crippen LogP contribution in [0.15, 0.2) is 4.99 Å². The number of rotatable bonds is 2. The van der Waals surface area contributed by atoms with Crippen LogP contribution in [0.2, 0.25) is 0 Å². The van der Waals surface area contributed by atoms with E-state index in [1.807, 2.05) is 6.92 Å². The average molecular weight is 452 g/mol. The Morgan fingerprint density at radius 2 is 1.97 bits per heavy atom. The number of hydrogen-bond acceptors (Lipinski definition) is 3. The lowest BCUT2D eigenvalue weighted by atomic mass is 9.48. The Bertz CT molecular complexity index is 869. The Kier molecular flexibility index (Phi) is 4.74. The maximum Gasteiger partial charge on any atom is 0.219 e. The largest absolute Gasteiger partial charge is 0.336 e. The standard InChI is InChI=1S/C29H45N3O/c1-18-11-24-6-4-5-9-31(24)25(12-18)15-23-7-8-28-22-14-26-21(13-27(28)30-23)10-19(2)16-29(26,28)32(17-22)20(3)33/h18-19,21-26H,4-17H2,1-3H3/t18-,19+,21-,22?,23?,24+,25-,26+,28?,29+/m0/s1. The van der Waals surface area contributed by atoms with Gasteiger partial charge < -0.3 is 4.90 Å². The van der Waals surface area contributed by atoms with Crippen LogP contribution in [-0.4, -0.2) is 58.2 Å². The smallest absolute Gasteiger partial charge is 0.219 e. The molecule has 3 unspecified atom stereocenters. The van der Waals surface area contributed by atoms with Crippen molar-refractivity contribution in [1.82, 2.24) is 9.80 Å². The molecule has 5 bridgehead atoms. The summed E-state index contributed by atoms with van der Waals surface area (Å²) in [6.07, 6.45) is 16.2. The summed E-state index contributed by atoms with van der Waals surface area (Å²) in [6.45, 7) is 9.15. The number of nitrogens with zero attached hydrogens (tertiary/aromatic N) is 3. The maximum atomic E-state index is 12.9. The van der Waals surface area contributed by atoms with E-state index in [-0.39, 0.29) is 11.0 Å². The highest BCUT2D eigenvalue weighted by molar-refractivity contribution is 5.96. The zero-order valence-electron chi connectivity index (χ0n) is 21.3. The topological polar surface area (TPSA) is 35.9 Å². The van der Waals surface area contributed by atoms with E-state index in [1.165, 1.54) is 83.6 Å². The monoisotopic (exact) mass is 451 g/mol. The van der Waals surface area contributed by atoms with Crippen LogP contribution in [0.25, 0.3) is 0 Å². The summed E-state index contributed by atoms with van der Waals surface area (Å²) in [4.78, 5) is 23.9. The molecule has 0 aromatic heterocycles. The molecule has 4 aliphatic heterocycles. The Morgan fingerprint density at radius 3 is 2.82 bits per heavy atom. The molecule has 3 aliphatic carbocycles. The summed E-state index contributed by atoms with van der Waals surface area (Å²) in [5.41, 5.74) is 1.95. The Hall–Kier alpha value is -0.900. The highest BCUT2D eigenvalue weighted by atomic mass is 16.2. The Labute approximate surface area is 200 Å². The van der Waals surface area contributed by atoms with Gasteiger partial charge in [0.1, 0.15) is 0 Å². The van der Waals surface area contributed by atoms with Crippen molar-refractivity contribution in [2.45, 2.75) is 121 Å². The number of likely N-dealkylation sites (tertiary alicyclic amines) is 1. The maximum absolute atomic E-state index is 12.9. The zero-order chi connectivity index (χ0) is 22.5. The van der Waals surface area contributed by atoms with Crippen molar-refractivity contribution in [2.24, 2.45) is 40.0 Å². The second-order valence-electron chi connectivity index (χ2n) is 13.7. The van der Waals surface area contributed by atoms with Crippen molar-refractivity contribution >= 4 is 11.6 Å². The Balaban J connectivity index is 1.21. The van der Waals surface area contributed by atoms with Crippen LogP contribution in [0.5, 0.6) is 0 Å². The quantitative estimate of drug-likeness (QED) is 0.571. The molecular weight excluding hydrogens is 406 g/mol. The van der Waals surface area contributed by atoms with E-state index in [2.05, 4.69) is 23.6 Å². The molecule has 10 atom stereocenters. The molecule has 1 amide bonds. The minimum absolute atomic E-state index is 0.116. The van der Waals surface area contributed by atoms with Crippen molar-refractivity contribution < 1.29 is 4.79 Å². The second-order valence-corrected chi connectivity index (χ2v) is 13.7. The number of carbonyl (C=O) groups excluding carboxylic acids is 1. The molecule has 4 heterocycles. The molecular formula is C29H45N3O. The molecule has 7 aliphatic rings. The second kappa shape index (κ2) is 7.31. The van der Waals surface area contributed by atoms with Crippen LogP contribution in [0, 0.1) is 35.0 Å². The number of carbonyl (C=O) groups is 1. The van der Waals surface area contributed by atoms with E-state index in [0.29, 0.717) is 17.9 Å². The number of piperidine rings is 3. The number of hydrogen-bond donors (Lipinski definition) is 0. The van der Waals surface area contributed by atoms with Crippen molar-refractivity contribution in [1.29, 1.82) is 0 Å². The fraction of sp³-hybridized carbons (Fsp3) is 0.931. The predicted molar refractivity (Wildman–Crippen MR) is 132 cm³/mol. The molecule has 0 aromatic rings. The minimum Gasteiger partial charge on any atom is -0.336 e. The fourth-order valence-corrected chi connectivity index (χ4v) is 11.4. The van der Waals surface area contributed by atoms with Crippen LogP contribution in [0.4, 0.5) is 0 Å². The molecule has 3 saturated heterocycles. The van der Waals surface area contributed by atoms with Gasteiger partial charge in [-0.05, 0) is 107 Å². The van der Waals surface area contributed by atoms with E-state index in [9.17, 15) is 4.79 Å². The van der Waals surface area contributed by atoms with Gasteiger partial charge in [-0.25, -0.2) is 0 Å². The first kappa shape index (κ1) is 21.4. The van der Waals surface area contributed by atoms with E-state index in [1.54, 1.807) is 5.71 Å². The molecule has 7 rings (SSSR count). The molecule has 4 nitrogen and oxygen atoms in total. The highest BCUT2D eigenvalue weighted by Gasteiger charge is 2.78. The molecule has 0 N–H and O–H groups in total. The lowest BCUT2D eigenvalue weighted by molar-refractivity contribution is -0.145. The molecule has 0 radical (unpaired) electrons. The van der Waals surface area contributed by atoms with Crippen molar-refractivity contribution in [3.8, 4) is 0 Å². The predicted octanol–water partition coefficient (Wildman–Crippen LogP) is 5.31. The van der Waals surface area contributed by atoms with Gasteiger partial charge in [0.25, 0.3) is 0 Å². The van der Waals surface area contributed by atoms with Crippen LogP contribution >= 0.6 is 0 Å². The van der Waals surface area contributed by atoms with Gasteiger partial charge in [0, 0.05) is 36.7 Å². The lowest BCUT2D eigenvalue weighted by Crippen LogP contribution is -2.68. The zero-order valence-corrected chi connectivity index (χ0v) is 21.3. The van der Waals surface area contributed by atoms with Crippen molar-refractivity contribution in [2.75, 3.05) is 13.1 Å².